The van der Waals surface area contributed by atoms with Gasteiger partial charge in [-0.05, 0) is 25.0 Å². The van der Waals surface area contributed by atoms with Gasteiger partial charge in [-0.1, -0.05) is 0 Å². The molecule has 0 unspecified atom stereocenters. The zero-order chi connectivity index (χ0) is 14.0. The third kappa shape index (κ3) is 2.82. The predicted octanol–water partition coefficient (Wildman–Crippen LogP) is 0.774. The second-order valence-corrected chi connectivity index (χ2v) is 4.55. The number of nitro benzene ring substituents is 1. The van der Waals surface area contributed by atoms with E-state index in [1.807, 2.05) is 0 Å². The van der Waals surface area contributed by atoms with Crippen LogP contribution in [0.4, 0.5) is 11.4 Å². The highest BCUT2D eigenvalue weighted by molar-refractivity contribution is 5.95. The first-order valence-corrected chi connectivity index (χ1v) is 6.00. The molecule has 0 bridgehead atoms. The summed E-state index contributed by atoms with van der Waals surface area (Å²) in [5.74, 6) is -0.269. The van der Waals surface area contributed by atoms with Crippen molar-refractivity contribution in [1.29, 1.82) is 0 Å². The van der Waals surface area contributed by atoms with Crippen LogP contribution >= 0.6 is 0 Å². The molecule has 1 aromatic rings. The Morgan fingerprint density at radius 3 is 2.63 bits per heavy atom. The summed E-state index contributed by atoms with van der Waals surface area (Å²) in [7, 11) is 0. The molecular formula is C12H15N3O4. The Kier molecular flexibility index (Phi) is 3.66. The highest BCUT2D eigenvalue weighted by Gasteiger charge is 2.24. The van der Waals surface area contributed by atoms with Gasteiger partial charge in [-0.25, -0.2) is 0 Å². The lowest BCUT2D eigenvalue weighted by molar-refractivity contribution is -0.383. The summed E-state index contributed by atoms with van der Waals surface area (Å²) in [5, 5.41) is 20.2. The molecule has 2 rings (SSSR count). The van der Waals surface area contributed by atoms with E-state index in [9.17, 15) is 20.0 Å². The van der Waals surface area contributed by atoms with Crippen molar-refractivity contribution < 1.29 is 14.8 Å². The van der Waals surface area contributed by atoms with Gasteiger partial charge in [-0.15, -0.1) is 0 Å². The van der Waals surface area contributed by atoms with Crippen LogP contribution in [0, 0.1) is 10.1 Å². The minimum Gasteiger partial charge on any atom is -0.393 e. The molecule has 0 atom stereocenters. The van der Waals surface area contributed by atoms with Crippen LogP contribution in [-0.2, 0) is 0 Å². The van der Waals surface area contributed by atoms with Crippen LogP contribution in [0.1, 0.15) is 23.2 Å². The third-order valence-corrected chi connectivity index (χ3v) is 3.23. The largest absolute Gasteiger partial charge is 0.393 e. The van der Waals surface area contributed by atoms with Gasteiger partial charge in [0.05, 0.1) is 11.0 Å². The Labute approximate surface area is 109 Å². The Morgan fingerprint density at radius 1 is 1.42 bits per heavy atom. The number of rotatable bonds is 2. The molecule has 0 aliphatic carbocycles. The molecule has 19 heavy (non-hydrogen) atoms. The fourth-order valence-corrected chi connectivity index (χ4v) is 2.09. The lowest BCUT2D eigenvalue weighted by Gasteiger charge is -2.29. The number of nitrogens with zero attached hydrogens (tertiary/aromatic N) is 2. The number of benzene rings is 1. The number of hydrogen-bond donors (Lipinski definition) is 2. The molecule has 1 amide bonds. The molecule has 1 saturated heterocycles. The molecule has 0 saturated carbocycles. The van der Waals surface area contributed by atoms with E-state index in [1.54, 1.807) is 4.90 Å². The van der Waals surface area contributed by atoms with Gasteiger partial charge in [0.2, 0.25) is 0 Å². The molecule has 1 heterocycles. The first-order valence-electron chi connectivity index (χ1n) is 6.00. The van der Waals surface area contributed by atoms with Crippen LogP contribution in [0.5, 0.6) is 0 Å². The maximum Gasteiger partial charge on any atom is 0.292 e. The number of hydrogen-bond acceptors (Lipinski definition) is 5. The summed E-state index contributed by atoms with van der Waals surface area (Å²) in [4.78, 5) is 23.9. The Hall–Kier alpha value is -2.15. The van der Waals surface area contributed by atoms with Gasteiger partial charge in [0, 0.05) is 24.7 Å². The third-order valence-electron chi connectivity index (χ3n) is 3.23. The maximum atomic E-state index is 12.2. The summed E-state index contributed by atoms with van der Waals surface area (Å²) in [5.41, 5.74) is 5.51. The van der Waals surface area contributed by atoms with Gasteiger partial charge < -0.3 is 15.7 Å². The van der Waals surface area contributed by atoms with Gasteiger partial charge in [0.15, 0.2) is 0 Å². The van der Waals surface area contributed by atoms with E-state index >= 15 is 0 Å². The van der Waals surface area contributed by atoms with E-state index in [0.717, 1.165) is 0 Å². The summed E-state index contributed by atoms with van der Waals surface area (Å²) >= 11 is 0. The first kappa shape index (κ1) is 13.3. The molecule has 102 valence electrons. The lowest BCUT2D eigenvalue weighted by Crippen LogP contribution is -2.40. The maximum absolute atomic E-state index is 12.2. The van der Waals surface area contributed by atoms with E-state index in [1.165, 1.54) is 18.2 Å². The average Bonchev–Trinajstić information content (AvgIpc) is 2.39. The minimum atomic E-state index is -0.605. The number of likely N-dealkylation sites (tertiary alicyclic amines) is 1. The number of anilines is 1. The summed E-state index contributed by atoms with van der Waals surface area (Å²) in [6.07, 6.45) is 0.691. The van der Waals surface area contributed by atoms with Crippen LogP contribution in [0.25, 0.3) is 0 Å². The SMILES string of the molecule is Nc1ccc(C(=O)N2CCC(O)CC2)cc1[N+](=O)[O-]. The molecule has 1 fully saturated rings. The zero-order valence-corrected chi connectivity index (χ0v) is 10.3. The van der Waals surface area contributed by atoms with Crippen molar-refractivity contribution in [2.75, 3.05) is 18.8 Å². The van der Waals surface area contributed by atoms with Crippen molar-refractivity contribution in [2.45, 2.75) is 18.9 Å². The quantitative estimate of drug-likeness (QED) is 0.466. The van der Waals surface area contributed by atoms with Crippen molar-refractivity contribution in [3.8, 4) is 0 Å². The lowest BCUT2D eigenvalue weighted by atomic mass is 10.1. The molecule has 7 nitrogen and oxygen atoms in total. The van der Waals surface area contributed by atoms with Crippen molar-refractivity contribution in [3.05, 3.63) is 33.9 Å². The standard InChI is InChI=1S/C12H15N3O4/c13-10-2-1-8(7-11(10)15(18)19)12(17)14-5-3-9(16)4-6-14/h1-2,7,9,16H,3-6,13H2. The molecule has 7 heteroatoms. The normalized spacial score (nSPS) is 16.4. The Bertz CT molecular complexity index is 510. The minimum absolute atomic E-state index is 0.0376. The number of carbonyl (C=O) groups excluding carboxylic acids is 1. The number of aliphatic hydroxyl groups is 1. The van der Waals surface area contributed by atoms with Gasteiger partial charge >= 0.3 is 0 Å². The molecule has 0 spiro atoms. The number of aliphatic hydroxyl groups excluding tert-OH is 1. The molecular weight excluding hydrogens is 250 g/mol. The zero-order valence-electron chi connectivity index (χ0n) is 10.3. The van der Waals surface area contributed by atoms with Gasteiger partial charge in [-0.2, -0.15) is 0 Å². The number of piperidine rings is 1. The fraction of sp³-hybridized carbons (Fsp3) is 0.417. The van der Waals surface area contributed by atoms with Crippen molar-refractivity contribution in [1.82, 2.24) is 4.90 Å². The van der Waals surface area contributed by atoms with Crippen molar-refractivity contribution in [2.24, 2.45) is 0 Å². The second-order valence-electron chi connectivity index (χ2n) is 4.55. The second kappa shape index (κ2) is 5.23. The molecule has 1 aliphatic heterocycles. The fourth-order valence-electron chi connectivity index (χ4n) is 2.09. The Balaban J connectivity index is 2.20. The van der Waals surface area contributed by atoms with E-state index in [-0.39, 0.29) is 28.9 Å². The topological polar surface area (TPSA) is 110 Å². The Morgan fingerprint density at radius 2 is 2.05 bits per heavy atom. The van der Waals surface area contributed by atoms with Crippen LogP contribution in [0.15, 0.2) is 18.2 Å². The molecule has 3 N–H and O–H groups in total. The summed E-state index contributed by atoms with van der Waals surface area (Å²) in [6, 6.07) is 4.04. The van der Waals surface area contributed by atoms with E-state index in [0.29, 0.717) is 25.9 Å². The highest BCUT2D eigenvalue weighted by atomic mass is 16.6. The number of nitro groups is 1. The number of nitrogen functional groups attached to an aromatic ring is 1. The van der Waals surface area contributed by atoms with Gasteiger partial charge in [0.25, 0.3) is 11.6 Å². The van der Waals surface area contributed by atoms with Crippen molar-refractivity contribution >= 4 is 17.3 Å². The molecule has 1 aromatic carbocycles. The smallest absolute Gasteiger partial charge is 0.292 e. The van der Waals surface area contributed by atoms with Crippen LogP contribution in [0.2, 0.25) is 0 Å². The summed E-state index contributed by atoms with van der Waals surface area (Å²) < 4.78 is 0. The van der Waals surface area contributed by atoms with Crippen LogP contribution < -0.4 is 5.73 Å². The van der Waals surface area contributed by atoms with Gasteiger partial charge in [-0.3, -0.25) is 14.9 Å². The first-order chi connectivity index (χ1) is 8.99. The molecule has 1 aliphatic rings. The molecule has 0 aromatic heterocycles. The number of nitrogens with two attached hydrogens (primary N) is 1. The van der Waals surface area contributed by atoms with E-state index < -0.39 is 4.92 Å². The number of amides is 1. The van der Waals surface area contributed by atoms with E-state index in [4.69, 9.17) is 5.73 Å². The van der Waals surface area contributed by atoms with Gasteiger partial charge in [0.1, 0.15) is 5.69 Å². The highest BCUT2D eigenvalue weighted by Crippen LogP contribution is 2.23. The molecule has 0 radical (unpaired) electrons. The van der Waals surface area contributed by atoms with E-state index in [2.05, 4.69) is 0 Å². The van der Waals surface area contributed by atoms with Crippen molar-refractivity contribution in [3.63, 3.8) is 0 Å². The van der Waals surface area contributed by atoms with Crippen LogP contribution in [0.3, 0.4) is 0 Å². The predicted molar refractivity (Wildman–Crippen MR) is 68.7 cm³/mol. The summed E-state index contributed by atoms with van der Waals surface area (Å²) in [6.45, 7) is 0.913. The monoisotopic (exact) mass is 265 g/mol. The van der Waals surface area contributed by atoms with Crippen LogP contribution in [-0.4, -0.2) is 40.0 Å². The number of carbonyl (C=O) groups is 1. The average molecular weight is 265 g/mol.